The molecule has 0 aliphatic carbocycles. The Kier molecular flexibility index (Phi) is 5.45. The monoisotopic (exact) mass is 257 g/mol. The van der Waals surface area contributed by atoms with Gasteiger partial charge in [0, 0.05) is 19.7 Å². The molecule has 1 aliphatic heterocycles. The standard InChI is InChI=1S/C14H27NO3/c1-11(10-16)12-6-5-8-15(9-7-12)13(17)18-14(2,3)4/h11-12,16H,5-10H2,1-4H3. The molecular formula is C14H27NO3. The van der Waals surface area contributed by atoms with E-state index in [9.17, 15) is 9.90 Å². The molecule has 0 saturated carbocycles. The van der Waals surface area contributed by atoms with Gasteiger partial charge in [-0.05, 0) is 51.9 Å². The van der Waals surface area contributed by atoms with Gasteiger partial charge in [-0.2, -0.15) is 0 Å². The number of aliphatic hydroxyl groups is 1. The van der Waals surface area contributed by atoms with Crippen molar-refractivity contribution < 1.29 is 14.6 Å². The summed E-state index contributed by atoms with van der Waals surface area (Å²) in [7, 11) is 0. The fourth-order valence-corrected chi connectivity index (χ4v) is 2.35. The van der Waals surface area contributed by atoms with E-state index in [2.05, 4.69) is 6.92 Å². The van der Waals surface area contributed by atoms with Crippen molar-refractivity contribution in [2.24, 2.45) is 11.8 Å². The van der Waals surface area contributed by atoms with Gasteiger partial charge < -0.3 is 14.7 Å². The van der Waals surface area contributed by atoms with Crippen molar-refractivity contribution in [1.29, 1.82) is 0 Å². The quantitative estimate of drug-likeness (QED) is 0.827. The van der Waals surface area contributed by atoms with Crippen LogP contribution in [0.1, 0.15) is 47.0 Å². The summed E-state index contributed by atoms with van der Waals surface area (Å²) in [6.45, 7) is 9.48. The molecule has 0 aromatic heterocycles. The zero-order valence-electron chi connectivity index (χ0n) is 12.1. The van der Waals surface area contributed by atoms with Crippen molar-refractivity contribution in [2.45, 2.75) is 52.6 Å². The number of hydrogen-bond donors (Lipinski definition) is 1. The van der Waals surface area contributed by atoms with Crippen LogP contribution in [0.4, 0.5) is 4.79 Å². The molecule has 2 atom stereocenters. The fourth-order valence-electron chi connectivity index (χ4n) is 2.35. The highest BCUT2D eigenvalue weighted by atomic mass is 16.6. The minimum Gasteiger partial charge on any atom is -0.444 e. The normalized spacial score (nSPS) is 23.4. The lowest BCUT2D eigenvalue weighted by Gasteiger charge is -2.26. The number of rotatable bonds is 2. The van der Waals surface area contributed by atoms with E-state index in [0.29, 0.717) is 11.8 Å². The molecule has 0 bridgehead atoms. The number of aliphatic hydroxyl groups excluding tert-OH is 1. The molecule has 4 heteroatoms. The van der Waals surface area contributed by atoms with E-state index in [4.69, 9.17) is 4.74 Å². The van der Waals surface area contributed by atoms with Crippen LogP contribution >= 0.6 is 0 Å². The van der Waals surface area contributed by atoms with Crippen molar-refractivity contribution in [3.8, 4) is 0 Å². The van der Waals surface area contributed by atoms with Crippen LogP contribution in [0.15, 0.2) is 0 Å². The van der Waals surface area contributed by atoms with Crippen LogP contribution in [0, 0.1) is 11.8 Å². The Bertz CT molecular complexity index is 273. The van der Waals surface area contributed by atoms with Gasteiger partial charge in [-0.3, -0.25) is 0 Å². The fraction of sp³-hybridized carbons (Fsp3) is 0.929. The number of hydrogen-bond acceptors (Lipinski definition) is 3. The summed E-state index contributed by atoms with van der Waals surface area (Å²) >= 11 is 0. The number of likely N-dealkylation sites (tertiary alicyclic amines) is 1. The van der Waals surface area contributed by atoms with Gasteiger partial charge in [0.15, 0.2) is 0 Å². The summed E-state index contributed by atoms with van der Waals surface area (Å²) in [5, 5.41) is 9.20. The zero-order valence-corrected chi connectivity index (χ0v) is 12.1. The molecule has 1 aliphatic rings. The number of amides is 1. The Morgan fingerprint density at radius 3 is 2.61 bits per heavy atom. The molecule has 1 rings (SSSR count). The van der Waals surface area contributed by atoms with E-state index in [0.717, 1.165) is 32.4 Å². The maximum absolute atomic E-state index is 12.0. The molecule has 0 spiro atoms. The van der Waals surface area contributed by atoms with Crippen LogP contribution < -0.4 is 0 Å². The molecule has 0 aromatic carbocycles. The molecule has 0 aromatic rings. The molecule has 1 N–H and O–H groups in total. The molecule has 106 valence electrons. The third-order valence-corrected chi connectivity index (χ3v) is 3.52. The number of carbonyl (C=O) groups excluding carboxylic acids is 1. The summed E-state index contributed by atoms with van der Waals surface area (Å²) in [5.41, 5.74) is -0.429. The molecule has 4 nitrogen and oxygen atoms in total. The SMILES string of the molecule is CC(CO)C1CCCN(C(=O)OC(C)(C)C)CC1. The average molecular weight is 257 g/mol. The second-order valence-electron chi connectivity index (χ2n) is 6.32. The lowest BCUT2D eigenvalue weighted by molar-refractivity contribution is 0.0253. The van der Waals surface area contributed by atoms with E-state index < -0.39 is 5.60 Å². The second-order valence-corrected chi connectivity index (χ2v) is 6.32. The van der Waals surface area contributed by atoms with Gasteiger partial charge in [-0.25, -0.2) is 4.79 Å². The second kappa shape index (κ2) is 6.41. The van der Waals surface area contributed by atoms with E-state index in [1.807, 2.05) is 20.8 Å². The molecule has 1 heterocycles. The Balaban J connectivity index is 2.49. The van der Waals surface area contributed by atoms with Gasteiger partial charge in [-0.15, -0.1) is 0 Å². The summed E-state index contributed by atoms with van der Waals surface area (Å²) in [5.74, 6) is 0.839. The highest BCUT2D eigenvalue weighted by Crippen LogP contribution is 2.25. The lowest BCUT2D eigenvalue weighted by atomic mass is 9.88. The van der Waals surface area contributed by atoms with Crippen molar-refractivity contribution in [3.63, 3.8) is 0 Å². The lowest BCUT2D eigenvalue weighted by Crippen LogP contribution is -2.37. The van der Waals surface area contributed by atoms with E-state index in [1.54, 1.807) is 4.90 Å². The summed E-state index contributed by atoms with van der Waals surface area (Å²) in [6, 6.07) is 0. The van der Waals surface area contributed by atoms with Crippen LogP contribution in [-0.4, -0.2) is 41.4 Å². The molecule has 1 amide bonds. The first-order chi connectivity index (χ1) is 8.33. The van der Waals surface area contributed by atoms with E-state index >= 15 is 0 Å². The van der Waals surface area contributed by atoms with Crippen molar-refractivity contribution in [1.82, 2.24) is 4.90 Å². The predicted octanol–water partition coefficient (Wildman–Crippen LogP) is 2.65. The number of carbonyl (C=O) groups is 1. The molecule has 1 saturated heterocycles. The Hall–Kier alpha value is -0.770. The smallest absolute Gasteiger partial charge is 0.410 e. The van der Waals surface area contributed by atoms with Gasteiger partial charge >= 0.3 is 6.09 Å². The highest BCUT2D eigenvalue weighted by molar-refractivity contribution is 5.68. The zero-order chi connectivity index (χ0) is 13.8. The Morgan fingerprint density at radius 2 is 2.06 bits per heavy atom. The molecule has 0 radical (unpaired) electrons. The first-order valence-electron chi connectivity index (χ1n) is 6.92. The molecule has 18 heavy (non-hydrogen) atoms. The van der Waals surface area contributed by atoms with Crippen LogP contribution in [0.2, 0.25) is 0 Å². The van der Waals surface area contributed by atoms with Crippen molar-refractivity contribution in [3.05, 3.63) is 0 Å². The van der Waals surface area contributed by atoms with Gasteiger partial charge in [0.05, 0.1) is 0 Å². The van der Waals surface area contributed by atoms with Gasteiger partial charge in [-0.1, -0.05) is 6.92 Å². The Labute approximate surface area is 110 Å². The Morgan fingerprint density at radius 1 is 1.39 bits per heavy atom. The maximum Gasteiger partial charge on any atom is 0.410 e. The minimum absolute atomic E-state index is 0.209. The van der Waals surface area contributed by atoms with Gasteiger partial charge in [0.25, 0.3) is 0 Å². The number of ether oxygens (including phenoxy) is 1. The summed E-state index contributed by atoms with van der Waals surface area (Å²) < 4.78 is 5.39. The third kappa shape index (κ3) is 4.84. The first kappa shape index (κ1) is 15.3. The average Bonchev–Trinajstić information content (AvgIpc) is 2.51. The minimum atomic E-state index is -0.429. The summed E-state index contributed by atoms with van der Waals surface area (Å²) in [6.07, 6.45) is 2.83. The molecular weight excluding hydrogens is 230 g/mol. The van der Waals surface area contributed by atoms with Crippen LogP contribution in [0.25, 0.3) is 0 Å². The molecule has 1 fully saturated rings. The third-order valence-electron chi connectivity index (χ3n) is 3.52. The van der Waals surface area contributed by atoms with Crippen molar-refractivity contribution in [2.75, 3.05) is 19.7 Å². The summed E-state index contributed by atoms with van der Waals surface area (Å²) in [4.78, 5) is 13.8. The van der Waals surface area contributed by atoms with Gasteiger partial charge in [0.1, 0.15) is 5.60 Å². The van der Waals surface area contributed by atoms with Crippen LogP contribution in [0.3, 0.4) is 0 Å². The van der Waals surface area contributed by atoms with Crippen LogP contribution in [0.5, 0.6) is 0 Å². The van der Waals surface area contributed by atoms with Crippen molar-refractivity contribution >= 4 is 6.09 Å². The van der Waals surface area contributed by atoms with E-state index in [-0.39, 0.29) is 12.7 Å². The van der Waals surface area contributed by atoms with Crippen LogP contribution in [-0.2, 0) is 4.74 Å². The topological polar surface area (TPSA) is 49.8 Å². The maximum atomic E-state index is 12.0. The number of nitrogens with zero attached hydrogens (tertiary/aromatic N) is 1. The molecule has 2 unspecified atom stereocenters. The predicted molar refractivity (Wildman–Crippen MR) is 71.4 cm³/mol. The largest absolute Gasteiger partial charge is 0.444 e. The first-order valence-corrected chi connectivity index (χ1v) is 6.92. The highest BCUT2D eigenvalue weighted by Gasteiger charge is 2.26. The van der Waals surface area contributed by atoms with Gasteiger partial charge in [0.2, 0.25) is 0 Å². The van der Waals surface area contributed by atoms with E-state index in [1.165, 1.54) is 0 Å².